The van der Waals surface area contributed by atoms with Crippen molar-refractivity contribution in [3.8, 4) is 0 Å². The monoisotopic (exact) mass is 394 g/mol. The predicted molar refractivity (Wildman–Crippen MR) is 78.8 cm³/mol. The van der Waals surface area contributed by atoms with Crippen LogP contribution in [0.15, 0.2) is 10.1 Å². The Hall–Kier alpha value is 2.06. The summed E-state index contributed by atoms with van der Waals surface area (Å²) < 4.78 is -1.55. The van der Waals surface area contributed by atoms with Crippen LogP contribution in [0.3, 0.4) is 0 Å². The average molecular weight is 398 g/mol. The Kier molecular flexibility index (Phi) is 4.12. The van der Waals surface area contributed by atoms with Gasteiger partial charge >= 0.3 is 0 Å². The van der Waals surface area contributed by atoms with E-state index in [1.54, 1.807) is 0 Å². The van der Waals surface area contributed by atoms with E-state index in [9.17, 15) is 0 Å². The molecule has 8 heteroatoms. The van der Waals surface area contributed by atoms with Gasteiger partial charge in [0.05, 0.1) is 10.1 Å². The molecule has 0 saturated heterocycles. The van der Waals surface area contributed by atoms with Crippen LogP contribution in [0.4, 0.5) is 0 Å². The van der Waals surface area contributed by atoms with E-state index in [4.69, 9.17) is 92.8 Å². The van der Waals surface area contributed by atoms with Gasteiger partial charge in [0.1, 0.15) is 9.75 Å². The van der Waals surface area contributed by atoms with Crippen LogP contribution in [0, 0.1) is 11.8 Å². The Morgan fingerprint density at radius 1 is 0.765 bits per heavy atom. The summed E-state index contributed by atoms with van der Waals surface area (Å²) in [6.45, 7) is 0. The number of alkyl halides is 6. The highest BCUT2D eigenvalue weighted by atomic mass is 35.5. The molecule has 0 nitrogen and oxygen atoms in total. The lowest BCUT2D eigenvalue weighted by Crippen LogP contribution is -2.45. The van der Waals surface area contributed by atoms with Crippen LogP contribution in [0.2, 0.25) is 0 Å². The van der Waals surface area contributed by atoms with Gasteiger partial charge in [-0.05, 0) is 0 Å². The zero-order valence-corrected chi connectivity index (χ0v) is 14.1. The van der Waals surface area contributed by atoms with Crippen LogP contribution in [0.25, 0.3) is 0 Å². The van der Waals surface area contributed by atoms with E-state index < -0.39 is 14.1 Å². The fraction of sp³-hybridized carbons (Fsp3) is 0.778. The average Bonchev–Trinajstić information content (AvgIpc) is 2.48. The molecule has 17 heavy (non-hydrogen) atoms. The van der Waals surface area contributed by atoms with Crippen LogP contribution in [-0.4, -0.2) is 25.8 Å². The molecule has 0 aromatic rings. The summed E-state index contributed by atoms with van der Waals surface area (Å²) in [6, 6.07) is 0. The molecular formula is C9H6Cl8. The molecule has 2 aliphatic rings. The minimum Gasteiger partial charge on any atom is -0.126 e. The maximum Gasteiger partial charge on any atom is 0.166 e. The summed E-state index contributed by atoms with van der Waals surface area (Å²) in [7, 11) is 0. The fourth-order valence-corrected chi connectivity index (χ4v) is 6.77. The van der Waals surface area contributed by atoms with Gasteiger partial charge in [0.2, 0.25) is 0 Å². The zero-order chi connectivity index (χ0) is 13.2. The Labute approximate surface area is 139 Å². The van der Waals surface area contributed by atoms with Gasteiger partial charge < -0.3 is 0 Å². The lowest BCUT2D eigenvalue weighted by atomic mass is 9.84. The second kappa shape index (κ2) is 4.53. The SMILES string of the molecule is ClCC1C(CCl)[C@@]2(Cl)C(Cl)=C(Cl)[C@]1(Cl)C2(Cl)Cl. The number of rotatable bonds is 2. The summed E-state index contributed by atoms with van der Waals surface area (Å²) in [5, 5.41) is 0.320. The first kappa shape index (κ1) is 15.4. The Morgan fingerprint density at radius 3 is 1.29 bits per heavy atom. The van der Waals surface area contributed by atoms with Gasteiger partial charge in [0.25, 0.3) is 0 Å². The van der Waals surface area contributed by atoms with Crippen molar-refractivity contribution in [1.82, 2.24) is 0 Å². The molecule has 0 N–H and O–H groups in total. The Bertz CT molecular complexity index is 356. The summed E-state index contributed by atoms with van der Waals surface area (Å²) in [5.41, 5.74) is 0. The highest BCUT2D eigenvalue weighted by Crippen LogP contribution is 2.76. The van der Waals surface area contributed by atoms with Crippen molar-refractivity contribution < 1.29 is 0 Å². The largest absolute Gasteiger partial charge is 0.166 e. The molecule has 0 aliphatic heterocycles. The molecule has 0 radical (unpaired) electrons. The number of allylic oxidation sites excluding steroid dienone is 2. The lowest BCUT2D eigenvalue weighted by molar-refractivity contribution is 0.391. The molecule has 98 valence electrons. The quantitative estimate of drug-likeness (QED) is 0.536. The number of halogens is 8. The predicted octanol–water partition coefficient (Wildman–Crippen LogP) is 5.54. The Morgan fingerprint density at radius 2 is 1.06 bits per heavy atom. The van der Waals surface area contributed by atoms with Crippen LogP contribution >= 0.6 is 92.8 Å². The molecule has 0 heterocycles. The molecule has 2 rings (SSSR count). The van der Waals surface area contributed by atoms with Crippen molar-refractivity contribution in [2.24, 2.45) is 11.8 Å². The van der Waals surface area contributed by atoms with E-state index in [-0.39, 0.29) is 33.7 Å². The highest BCUT2D eigenvalue weighted by molar-refractivity contribution is 6.65. The molecule has 0 aromatic heterocycles. The first-order valence-electron chi connectivity index (χ1n) is 4.65. The van der Waals surface area contributed by atoms with Crippen molar-refractivity contribution in [2.45, 2.75) is 14.1 Å². The van der Waals surface area contributed by atoms with Crippen LogP contribution in [0.1, 0.15) is 0 Å². The van der Waals surface area contributed by atoms with Gasteiger partial charge in [-0.15, -0.1) is 46.4 Å². The second-order valence-corrected chi connectivity index (χ2v) is 8.04. The molecule has 0 amide bonds. The van der Waals surface area contributed by atoms with E-state index in [1.807, 2.05) is 0 Å². The third-order valence-corrected chi connectivity index (χ3v) is 8.60. The van der Waals surface area contributed by atoms with Gasteiger partial charge in [0.15, 0.2) is 4.33 Å². The fourth-order valence-electron chi connectivity index (χ4n) is 2.63. The second-order valence-electron chi connectivity index (χ2n) is 4.15. The molecule has 4 atom stereocenters. The van der Waals surface area contributed by atoms with Crippen molar-refractivity contribution in [3.05, 3.63) is 10.1 Å². The zero-order valence-electron chi connectivity index (χ0n) is 8.09. The summed E-state index contributed by atoms with van der Waals surface area (Å²) >= 11 is 49.8. The van der Waals surface area contributed by atoms with Crippen molar-refractivity contribution in [1.29, 1.82) is 0 Å². The molecule has 1 saturated carbocycles. The minimum absolute atomic E-state index is 0.160. The normalized spacial score (nSPS) is 48.0. The Balaban J connectivity index is 2.72. The summed E-state index contributed by atoms with van der Waals surface area (Å²) in [5.74, 6) is -0.301. The van der Waals surface area contributed by atoms with E-state index in [1.165, 1.54) is 0 Å². The van der Waals surface area contributed by atoms with Crippen LogP contribution in [0.5, 0.6) is 0 Å². The molecule has 2 aliphatic carbocycles. The van der Waals surface area contributed by atoms with Crippen LogP contribution in [-0.2, 0) is 0 Å². The van der Waals surface area contributed by atoms with E-state index >= 15 is 0 Å². The van der Waals surface area contributed by atoms with E-state index in [2.05, 4.69) is 0 Å². The molecule has 0 spiro atoms. The van der Waals surface area contributed by atoms with Gasteiger partial charge in [-0.25, -0.2) is 0 Å². The summed E-state index contributed by atoms with van der Waals surface area (Å²) in [6.07, 6.45) is 0. The third-order valence-electron chi connectivity index (χ3n) is 3.59. The summed E-state index contributed by atoms with van der Waals surface area (Å²) in [4.78, 5) is -2.59. The first-order chi connectivity index (χ1) is 7.71. The van der Waals surface area contributed by atoms with Crippen molar-refractivity contribution >= 4 is 92.8 Å². The molecule has 1 fully saturated rings. The molecule has 2 bridgehead atoms. The maximum absolute atomic E-state index is 6.50. The lowest BCUT2D eigenvalue weighted by Gasteiger charge is -2.34. The first-order valence-corrected chi connectivity index (χ1v) is 7.98. The van der Waals surface area contributed by atoms with Gasteiger partial charge in [-0.1, -0.05) is 46.4 Å². The highest BCUT2D eigenvalue weighted by Gasteiger charge is 2.81. The van der Waals surface area contributed by atoms with Gasteiger partial charge in [0, 0.05) is 23.6 Å². The standard InChI is InChI=1S/C9H6Cl8/c10-1-3-4(2-11)8(15)6(13)5(12)7(3,14)9(8,16)17/h3-4H,1-2H2/t3?,4?,7-,8+. The maximum atomic E-state index is 6.50. The number of fused-ring (bicyclic) bond motifs is 2. The smallest absolute Gasteiger partial charge is 0.126 e. The van der Waals surface area contributed by atoms with Crippen molar-refractivity contribution in [3.63, 3.8) is 0 Å². The molecule has 2 unspecified atom stereocenters. The van der Waals surface area contributed by atoms with Gasteiger partial charge in [-0.3, -0.25) is 0 Å². The van der Waals surface area contributed by atoms with E-state index in [0.29, 0.717) is 0 Å². The number of hydrogen-bond acceptors (Lipinski definition) is 0. The molecular weight excluding hydrogens is 392 g/mol. The minimum atomic E-state index is -1.55. The van der Waals surface area contributed by atoms with Crippen molar-refractivity contribution in [2.75, 3.05) is 11.8 Å². The topological polar surface area (TPSA) is 0 Å². The molecule has 0 aromatic carbocycles. The third kappa shape index (κ3) is 1.48. The van der Waals surface area contributed by atoms with Gasteiger partial charge in [-0.2, -0.15) is 0 Å². The van der Waals surface area contributed by atoms with Crippen LogP contribution < -0.4 is 0 Å². The van der Waals surface area contributed by atoms with E-state index in [0.717, 1.165) is 0 Å². The number of hydrogen-bond donors (Lipinski definition) is 0.